The molecule has 1 unspecified atom stereocenters. The maximum absolute atomic E-state index is 12.2. The second kappa shape index (κ2) is 6.57. The summed E-state index contributed by atoms with van der Waals surface area (Å²) in [6.45, 7) is 0. The summed E-state index contributed by atoms with van der Waals surface area (Å²) in [5, 5.41) is 4.38. The molecule has 0 N–H and O–H groups in total. The summed E-state index contributed by atoms with van der Waals surface area (Å²) in [7, 11) is -1.91. The topological polar surface area (TPSA) is 59.0 Å². The van der Waals surface area contributed by atoms with Crippen LogP contribution < -0.4 is 4.74 Å². The van der Waals surface area contributed by atoms with E-state index >= 15 is 0 Å². The fraction of sp³-hybridized carbons (Fsp3) is 0.235. The van der Waals surface area contributed by atoms with E-state index in [0.717, 1.165) is 21.3 Å². The van der Waals surface area contributed by atoms with Gasteiger partial charge in [-0.25, -0.2) is 8.42 Å². The zero-order valence-electron chi connectivity index (χ0n) is 13.3. The molecule has 2 aromatic rings. The molecule has 0 spiro atoms. The van der Waals surface area contributed by atoms with E-state index < -0.39 is 16.1 Å². The average molecular weight is 409 g/mol. The third kappa shape index (κ3) is 3.32. The van der Waals surface area contributed by atoms with E-state index in [2.05, 4.69) is 21.0 Å². The van der Waals surface area contributed by atoms with E-state index in [1.165, 1.54) is 10.7 Å². The van der Waals surface area contributed by atoms with E-state index in [-0.39, 0.29) is 0 Å². The van der Waals surface area contributed by atoms with Gasteiger partial charge in [0.1, 0.15) is 5.75 Å². The van der Waals surface area contributed by atoms with Gasteiger partial charge in [-0.2, -0.15) is 9.52 Å². The predicted molar refractivity (Wildman–Crippen MR) is 97.7 cm³/mol. The van der Waals surface area contributed by atoms with Crippen LogP contribution in [0.5, 0.6) is 5.75 Å². The van der Waals surface area contributed by atoms with Crippen LogP contribution in [0, 0.1) is 0 Å². The molecule has 1 aliphatic rings. The first-order chi connectivity index (χ1) is 11.4. The van der Waals surface area contributed by atoms with Crippen LogP contribution in [0.2, 0.25) is 0 Å². The van der Waals surface area contributed by atoms with E-state index in [1.54, 1.807) is 7.11 Å². The second-order valence-corrected chi connectivity index (χ2v) is 8.31. The van der Waals surface area contributed by atoms with Gasteiger partial charge in [-0.05, 0) is 23.8 Å². The highest BCUT2D eigenvalue weighted by Gasteiger charge is 2.35. The van der Waals surface area contributed by atoms with Crippen molar-refractivity contribution in [1.29, 1.82) is 0 Å². The Labute approximate surface area is 150 Å². The fourth-order valence-corrected chi connectivity index (χ4v) is 3.95. The SMILES string of the molecule is COc1ccccc1C1CC(c2ccc(Br)cc2)=NN1S(C)(=O)=O. The van der Waals surface area contributed by atoms with Gasteiger partial charge in [-0.3, -0.25) is 0 Å². The molecule has 3 rings (SSSR count). The van der Waals surface area contributed by atoms with Crippen molar-refractivity contribution < 1.29 is 13.2 Å². The van der Waals surface area contributed by atoms with Crippen molar-refractivity contribution >= 4 is 31.7 Å². The quantitative estimate of drug-likeness (QED) is 0.776. The van der Waals surface area contributed by atoms with Gasteiger partial charge in [0.2, 0.25) is 10.0 Å². The first kappa shape index (κ1) is 17.0. The number of methoxy groups -OCH3 is 1. The molecule has 5 nitrogen and oxygen atoms in total. The minimum absolute atomic E-state index is 0.408. The molecule has 24 heavy (non-hydrogen) atoms. The van der Waals surface area contributed by atoms with Crippen molar-refractivity contribution in [3.8, 4) is 5.75 Å². The summed E-state index contributed by atoms with van der Waals surface area (Å²) in [5.74, 6) is 0.656. The molecule has 0 radical (unpaired) electrons. The van der Waals surface area contributed by atoms with Crippen LogP contribution in [0.1, 0.15) is 23.6 Å². The Hall–Kier alpha value is -1.86. The lowest BCUT2D eigenvalue weighted by molar-refractivity contribution is 0.352. The number of hydrogen-bond donors (Lipinski definition) is 0. The van der Waals surface area contributed by atoms with E-state index in [1.807, 2.05) is 48.5 Å². The number of ether oxygens (including phenoxy) is 1. The van der Waals surface area contributed by atoms with E-state index in [9.17, 15) is 8.42 Å². The van der Waals surface area contributed by atoms with Crippen molar-refractivity contribution in [1.82, 2.24) is 4.41 Å². The maximum Gasteiger partial charge on any atom is 0.247 e. The maximum atomic E-state index is 12.2. The molecule has 0 aliphatic carbocycles. The van der Waals surface area contributed by atoms with Gasteiger partial charge in [0.25, 0.3) is 0 Å². The highest BCUT2D eigenvalue weighted by molar-refractivity contribution is 9.10. The minimum atomic E-state index is -3.49. The van der Waals surface area contributed by atoms with Crippen molar-refractivity contribution in [3.05, 3.63) is 64.1 Å². The average Bonchev–Trinajstić information content (AvgIpc) is 3.01. The number of benzene rings is 2. The molecule has 0 amide bonds. The Morgan fingerprint density at radius 2 is 1.83 bits per heavy atom. The van der Waals surface area contributed by atoms with Gasteiger partial charge in [-0.15, -0.1) is 0 Å². The number of para-hydroxylation sites is 1. The number of sulfonamides is 1. The van der Waals surface area contributed by atoms with Crippen LogP contribution in [0.3, 0.4) is 0 Å². The molecule has 1 heterocycles. The van der Waals surface area contributed by atoms with Gasteiger partial charge in [-0.1, -0.05) is 46.3 Å². The van der Waals surface area contributed by atoms with Crippen LogP contribution in [-0.2, 0) is 10.0 Å². The summed E-state index contributed by atoms with van der Waals surface area (Å²) in [4.78, 5) is 0. The number of halogens is 1. The highest BCUT2D eigenvalue weighted by Crippen LogP contribution is 2.38. The number of rotatable bonds is 4. The summed E-state index contributed by atoms with van der Waals surface area (Å²) in [6.07, 6.45) is 1.67. The fourth-order valence-electron chi connectivity index (χ4n) is 2.78. The van der Waals surface area contributed by atoms with Crippen molar-refractivity contribution in [2.75, 3.05) is 13.4 Å². The molecule has 0 bridgehead atoms. The van der Waals surface area contributed by atoms with E-state index in [0.29, 0.717) is 12.2 Å². The van der Waals surface area contributed by atoms with E-state index in [4.69, 9.17) is 4.74 Å². The Balaban J connectivity index is 2.04. The van der Waals surface area contributed by atoms with Gasteiger partial charge in [0, 0.05) is 16.5 Å². The van der Waals surface area contributed by atoms with Gasteiger partial charge in [0.15, 0.2) is 0 Å². The van der Waals surface area contributed by atoms with Crippen LogP contribution in [0.25, 0.3) is 0 Å². The molecule has 0 saturated heterocycles. The van der Waals surface area contributed by atoms with Crippen LogP contribution in [0.4, 0.5) is 0 Å². The number of nitrogens with zero attached hydrogens (tertiary/aromatic N) is 2. The van der Waals surface area contributed by atoms with Gasteiger partial charge < -0.3 is 4.74 Å². The number of hydrogen-bond acceptors (Lipinski definition) is 4. The number of hydrazone groups is 1. The zero-order chi connectivity index (χ0) is 17.3. The molecule has 0 fully saturated rings. The lowest BCUT2D eigenvalue weighted by Gasteiger charge is -2.23. The first-order valence-electron chi connectivity index (χ1n) is 7.36. The lowest BCUT2D eigenvalue weighted by Crippen LogP contribution is -2.26. The van der Waals surface area contributed by atoms with Gasteiger partial charge >= 0.3 is 0 Å². The molecule has 1 aliphatic heterocycles. The molecule has 0 aromatic heterocycles. The lowest BCUT2D eigenvalue weighted by atomic mass is 9.98. The van der Waals surface area contributed by atoms with Crippen LogP contribution in [-0.4, -0.2) is 31.9 Å². The largest absolute Gasteiger partial charge is 0.496 e. The Kier molecular flexibility index (Phi) is 4.64. The highest BCUT2D eigenvalue weighted by atomic mass is 79.9. The molecule has 7 heteroatoms. The smallest absolute Gasteiger partial charge is 0.247 e. The summed E-state index contributed by atoms with van der Waals surface area (Å²) in [5.41, 5.74) is 2.45. The summed E-state index contributed by atoms with van der Waals surface area (Å²) in [6, 6.07) is 14.7. The Bertz CT molecular complexity index is 879. The van der Waals surface area contributed by atoms with Gasteiger partial charge in [0.05, 0.1) is 25.1 Å². The standard InChI is InChI=1S/C17H17BrN2O3S/c1-23-17-6-4-3-5-14(17)16-11-15(19-20(16)24(2,21)22)12-7-9-13(18)10-8-12/h3-10,16H,11H2,1-2H3. The second-order valence-electron chi connectivity index (χ2n) is 5.55. The predicted octanol–water partition coefficient (Wildman–Crippen LogP) is 3.57. The first-order valence-corrected chi connectivity index (χ1v) is 10.00. The zero-order valence-corrected chi connectivity index (χ0v) is 15.7. The molecule has 1 atom stereocenters. The molecule has 2 aromatic carbocycles. The van der Waals surface area contributed by atoms with Crippen molar-refractivity contribution in [3.63, 3.8) is 0 Å². The molecule has 0 saturated carbocycles. The molecular weight excluding hydrogens is 392 g/mol. The van der Waals surface area contributed by atoms with Crippen molar-refractivity contribution in [2.24, 2.45) is 5.10 Å². The Morgan fingerprint density at radius 1 is 1.17 bits per heavy atom. The summed E-state index contributed by atoms with van der Waals surface area (Å²) < 4.78 is 32.0. The normalized spacial score (nSPS) is 17.7. The third-order valence-electron chi connectivity index (χ3n) is 3.89. The minimum Gasteiger partial charge on any atom is -0.496 e. The molecule has 126 valence electrons. The van der Waals surface area contributed by atoms with Crippen molar-refractivity contribution in [2.45, 2.75) is 12.5 Å². The third-order valence-corrected chi connectivity index (χ3v) is 5.43. The monoisotopic (exact) mass is 408 g/mol. The summed E-state index contributed by atoms with van der Waals surface area (Å²) >= 11 is 3.40. The molecular formula is C17H17BrN2O3S. The Morgan fingerprint density at radius 3 is 2.46 bits per heavy atom. The van der Waals surface area contributed by atoms with Crippen LogP contribution >= 0.6 is 15.9 Å². The van der Waals surface area contributed by atoms with Crippen LogP contribution in [0.15, 0.2) is 58.1 Å².